The third-order valence-corrected chi connectivity index (χ3v) is 10.9. The molecule has 292 valence electrons. The Hall–Kier alpha value is -5.02. The van der Waals surface area contributed by atoms with Crippen LogP contribution in [0.3, 0.4) is 0 Å². The second-order valence-corrected chi connectivity index (χ2v) is 16.6. The molecule has 2 aliphatic carbocycles. The molecule has 0 spiro atoms. The van der Waals surface area contributed by atoms with E-state index in [1.165, 1.54) is 36.1 Å². The smallest absolute Gasteiger partial charge is 0.293 e. The summed E-state index contributed by atoms with van der Waals surface area (Å²) < 4.78 is 118. The number of rotatable bonds is 10. The van der Waals surface area contributed by atoms with Crippen LogP contribution in [0.4, 0.5) is 32.2 Å². The number of halogens is 8. The summed E-state index contributed by atoms with van der Waals surface area (Å²) in [6.45, 7) is -0.978. The van der Waals surface area contributed by atoms with E-state index in [2.05, 4.69) is 46.1 Å². The van der Waals surface area contributed by atoms with Gasteiger partial charge >= 0.3 is 0 Å². The van der Waals surface area contributed by atoms with Gasteiger partial charge in [0, 0.05) is 41.7 Å². The molecule has 0 radical (unpaired) electrons. The fraction of sp³-hybridized carbons (Fsp3) is 0.294. The Labute approximate surface area is 324 Å². The largest absolute Gasteiger partial charge is 0.344 e. The fourth-order valence-corrected chi connectivity index (χ4v) is 8.51. The Morgan fingerprint density at radius 3 is 2.52 bits per heavy atom. The minimum absolute atomic E-state index is 0.0000883. The summed E-state index contributed by atoms with van der Waals surface area (Å²) >= 11 is 9.84. The van der Waals surface area contributed by atoms with Gasteiger partial charge in [0.25, 0.3) is 17.9 Å². The van der Waals surface area contributed by atoms with Crippen LogP contribution in [0.25, 0.3) is 27.6 Å². The molecule has 2 aromatic carbocycles. The number of nitrogens with one attached hydrogen (secondary N) is 2. The zero-order chi connectivity index (χ0) is 40.2. The number of benzene rings is 2. The lowest BCUT2D eigenvalue weighted by molar-refractivity contribution is -0.123. The number of hydrogen-bond donors (Lipinski definition) is 2. The number of hydrogen-bond acceptors (Lipinski definition) is 8. The fourth-order valence-electron chi connectivity index (χ4n) is 7.44. The maximum atomic E-state index is 15.4. The third-order valence-electron chi connectivity index (χ3n) is 9.62. The lowest BCUT2D eigenvalue weighted by Crippen LogP contribution is -2.38. The number of aryl methyl sites for hydroxylation is 1. The van der Waals surface area contributed by atoms with Gasteiger partial charge in [-0.05, 0) is 64.2 Å². The number of sulfonamides is 1. The van der Waals surface area contributed by atoms with Crippen LogP contribution < -0.4 is 15.6 Å². The summed E-state index contributed by atoms with van der Waals surface area (Å²) in [6.07, 6.45) is -1.42. The number of carbonyl (C=O) groups excluding carboxylic acids is 1. The molecule has 13 nitrogen and oxygen atoms in total. The molecule has 0 saturated heterocycles. The van der Waals surface area contributed by atoms with E-state index in [1.54, 1.807) is 0 Å². The molecular formula is C34H25BrClF6N9O4S. The van der Waals surface area contributed by atoms with E-state index in [4.69, 9.17) is 11.6 Å². The van der Waals surface area contributed by atoms with Crippen LogP contribution in [0.15, 0.2) is 51.9 Å². The van der Waals surface area contributed by atoms with Gasteiger partial charge in [0.2, 0.25) is 15.9 Å². The molecule has 6 aromatic rings. The van der Waals surface area contributed by atoms with Gasteiger partial charge in [-0.15, -0.1) is 0 Å². The first-order chi connectivity index (χ1) is 26.3. The molecule has 2 N–H and O–H groups in total. The molecule has 3 atom stereocenters. The van der Waals surface area contributed by atoms with Crippen molar-refractivity contribution in [3.05, 3.63) is 102 Å². The lowest BCUT2D eigenvalue weighted by atomic mass is 10.0. The summed E-state index contributed by atoms with van der Waals surface area (Å²) in [5, 5.41) is 10.6. The Morgan fingerprint density at radius 2 is 1.84 bits per heavy atom. The molecule has 1 fully saturated rings. The second-order valence-electron chi connectivity index (χ2n) is 13.6. The SMILES string of the molecule is Cn1nc(NS(C)(=O)=O)c2c(Cl)ccc(-n3c(C(Cc4cc(F)cc(F)c4)NC(=O)Cn4nc(C(F)F)c5c4C(F)(F)[C@@H]4C[C@H]54)nc4ncc(Br)cc4c3=O)c21. The maximum Gasteiger partial charge on any atom is 0.293 e. The molecule has 1 unspecified atom stereocenters. The Kier molecular flexibility index (Phi) is 8.99. The van der Waals surface area contributed by atoms with Gasteiger partial charge in [-0.1, -0.05) is 11.6 Å². The predicted octanol–water partition coefficient (Wildman–Crippen LogP) is 6.18. The molecule has 1 saturated carbocycles. The van der Waals surface area contributed by atoms with Crippen molar-refractivity contribution in [2.75, 3.05) is 11.0 Å². The molecule has 8 rings (SSSR count). The van der Waals surface area contributed by atoms with Crippen LogP contribution in [0.1, 0.15) is 53.1 Å². The normalized spacial score (nSPS) is 17.7. The van der Waals surface area contributed by atoms with Crippen LogP contribution in [-0.2, 0) is 40.8 Å². The van der Waals surface area contributed by atoms with Gasteiger partial charge in [-0.2, -0.15) is 19.0 Å². The molecule has 4 aromatic heterocycles. The van der Waals surface area contributed by atoms with Gasteiger partial charge < -0.3 is 5.32 Å². The molecule has 56 heavy (non-hydrogen) atoms. The van der Waals surface area contributed by atoms with Gasteiger partial charge in [-0.25, -0.2) is 35.9 Å². The van der Waals surface area contributed by atoms with Crippen molar-refractivity contribution >= 4 is 71.2 Å². The molecule has 22 heteroatoms. The minimum atomic E-state index is -3.89. The molecule has 2 aliphatic rings. The van der Waals surface area contributed by atoms with Gasteiger partial charge in [0.05, 0.1) is 39.3 Å². The highest BCUT2D eigenvalue weighted by atomic mass is 79.9. The Balaban J connectivity index is 1.32. The molecule has 0 aliphatic heterocycles. The number of alkyl halides is 4. The maximum absolute atomic E-state index is 15.4. The Bertz CT molecular complexity index is 2810. The van der Waals surface area contributed by atoms with E-state index in [0.717, 1.165) is 23.0 Å². The van der Waals surface area contributed by atoms with Crippen LogP contribution in [0.5, 0.6) is 0 Å². The Morgan fingerprint density at radius 1 is 1.12 bits per heavy atom. The van der Waals surface area contributed by atoms with Crippen molar-refractivity contribution < 1.29 is 39.6 Å². The summed E-state index contributed by atoms with van der Waals surface area (Å²) in [5.41, 5.74) is -2.77. The first-order valence-corrected chi connectivity index (χ1v) is 19.6. The zero-order valence-electron chi connectivity index (χ0n) is 28.7. The van der Waals surface area contributed by atoms with E-state index >= 15 is 8.78 Å². The number of fused-ring (bicyclic) bond motifs is 5. The summed E-state index contributed by atoms with van der Waals surface area (Å²) in [7, 11) is -2.45. The predicted molar refractivity (Wildman–Crippen MR) is 193 cm³/mol. The van der Waals surface area contributed by atoms with Crippen LogP contribution in [-0.4, -0.2) is 54.7 Å². The first-order valence-electron chi connectivity index (χ1n) is 16.5. The molecule has 0 bridgehead atoms. The summed E-state index contributed by atoms with van der Waals surface area (Å²) in [6, 6.07) is 5.21. The number of pyridine rings is 1. The summed E-state index contributed by atoms with van der Waals surface area (Å²) in [4.78, 5) is 37.4. The number of carbonyl (C=O) groups is 1. The second kappa shape index (κ2) is 13.3. The van der Waals surface area contributed by atoms with Gasteiger partial charge in [0.15, 0.2) is 11.5 Å². The van der Waals surface area contributed by atoms with Crippen molar-refractivity contribution in [1.82, 2.24) is 39.4 Å². The minimum Gasteiger partial charge on any atom is -0.344 e. The van der Waals surface area contributed by atoms with Gasteiger partial charge in [0.1, 0.15) is 35.4 Å². The zero-order valence-corrected chi connectivity index (χ0v) is 31.8. The van der Waals surface area contributed by atoms with Crippen molar-refractivity contribution in [3.63, 3.8) is 0 Å². The van der Waals surface area contributed by atoms with Crippen molar-refractivity contribution in [2.24, 2.45) is 13.0 Å². The lowest BCUT2D eigenvalue weighted by Gasteiger charge is -2.24. The van der Waals surface area contributed by atoms with E-state index in [-0.39, 0.29) is 61.8 Å². The van der Waals surface area contributed by atoms with Crippen molar-refractivity contribution in [2.45, 2.75) is 43.7 Å². The topological polar surface area (TPSA) is 159 Å². The highest BCUT2D eigenvalue weighted by Gasteiger charge is 2.67. The third kappa shape index (κ3) is 6.47. The highest BCUT2D eigenvalue weighted by molar-refractivity contribution is 9.10. The first kappa shape index (κ1) is 37.9. The quantitative estimate of drug-likeness (QED) is 0.155. The van der Waals surface area contributed by atoms with Gasteiger partial charge in [-0.3, -0.25) is 28.2 Å². The number of aromatic nitrogens is 7. The van der Waals surface area contributed by atoms with Crippen molar-refractivity contribution in [3.8, 4) is 5.69 Å². The number of nitrogens with zero attached hydrogens (tertiary/aromatic N) is 7. The van der Waals surface area contributed by atoms with Crippen LogP contribution in [0.2, 0.25) is 5.02 Å². The average molecular weight is 885 g/mol. The van der Waals surface area contributed by atoms with E-state index in [1.807, 2.05) is 0 Å². The average Bonchev–Trinajstić information content (AvgIpc) is 3.63. The number of amides is 1. The van der Waals surface area contributed by atoms with E-state index < -0.39 is 87.7 Å². The molecule has 4 heterocycles. The van der Waals surface area contributed by atoms with E-state index in [0.29, 0.717) is 15.2 Å². The van der Waals surface area contributed by atoms with Crippen molar-refractivity contribution in [1.29, 1.82) is 0 Å². The monoisotopic (exact) mass is 883 g/mol. The standard InChI is InChI=1S/C34H25BrClF6N9O4S/c1-49-27-22(4-3-20(36)25(27)31(47-49)48-56(2,54)55)51-32(45-30-18(33(51)53)8-14(35)11-43-30)21(7-13-5-15(37)9-16(38)6-13)44-23(52)12-50-28-24(26(46-50)29(39)40)17-10-19(17)34(28,41)42/h3-6,8-9,11,17,19,21,29H,7,10,12H2,1-2H3,(H,44,52)(H,47,48)/t17-,19+,21?/m0/s1. The van der Waals surface area contributed by atoms with Crippen LogP contribution in [0, 0.1) is 17.6 Å². The van der Waals surface area contributed by atoms with E-state index in [9.17, 15) is 35.6 Å². The molecule has 1 amide bonds. The van der Waals surface area contributed by atoms with Crippen LogP contribution >= 0.6 is 27.5 Å². The summed E-state index contributed by atoms with van der Waals surface area (Å²) in [5.74, 6) is -9.04. The highest BCUT2D eigenvalue weighted by Crippen LogP contribution is 2.68. The molecular weight excluding hydrogens is 860 g/mol. The number of anilines is 1.